The van der Waals surface area contributed by atoms with E-state index in [1.165, 1.54) is 0 Å². The Balaban J connectivity index is 2.34. The van der Waals surface area contributed by atoms with Gasteiger partial charge in [0, 0.05) is 21.3 Å². The molecule has 0 atom stereocenters. The number of benzene rings is 2. The van der Waals surface area contributed by atoms with Crippen molar-refractivity contribution in [2.45, 2.75) is 6.92 Å². The molecule has 0 amide bonds. The van der Waals surface area contributed by atoms with E-state index in [-0.39, 0.29) is 6.61 Å². The molecule has 0 aromatic heterocycles. The summed E-state index contributed by atoms with van der Waals surface area (Å²) in [6.07, 6.45) is 6.97. The summed E-state index contributed by atoms with van der Waals surface area (Å²) >= 11 is 9.53. The topological polar surface area (TPSA) is 21.6 Å². The Labute approximate surface area is 137 Å². The van der Waals surface area contributed by atoms with Crippen LogP contribution in [0.5, 0.6) is 5.75 Å². The molecule has 2 nitrogen and oxygen atoms in total. The molecule has 0 unspecified atom stereocenters. The van der Waals surface area contributed by atoms with E-state index in [9.17, 15) is 0 Å². The summed E-state index contributed by atoms with van der Waals surface area (Å²) in [5.74, 6) is 3.15. The Bertz CT molecular complexity index is 719. The third kappa shape index (κ3) is 4.10. The highest BCUT2D eigenvalue weighted by Crippen LogP contribution is 2.27. The summed E-state index contributed by atoms with van der Waals surface area (Å²) < 4.78 is 6.45. The van der Waals surface area contributed by atoms with Crippen LogP contribution in [0.15, 0.2) is 45.9 Å². The van der Waals surface area contributed by atoms with Gasteiger partial charge in [-0.15, -0.1) is 6.42 Å². The van der Waals surface area contributed by atoms with Gasteiger partial charge >= 0.3 is 0 Å². The second-order valence-electron chi connectivity index (χ2n) is 4.32. The summed E-state index contributed by atoms with van der Waals surface area (Å²) in [4.78, 5) is 4.48. The van der Waals surface area contributed by atoms with Crippen LogP contribution in [0.1, 0.15) is 11.1 Å². The van der Waals surface area contributed by atoms with Gasteiger partial charge in [-0.3, -0.25) is 4.99 Å². The lowest BCUT2D eigenvalue weighted by Gasteiger charge is -2.07. The summed E-state index contributed by atoms with van der Waals surface area (Å²) in [6, 6.07) is 11.3. The molecule has 0 spiro atoms. The molecule has 0 bridgehead atoms. The number of hydrogen-bond acceptors (Lipinski definition) is 2. The van der Waals surface area contributed by atoms with Crippen LogP contribution in [-0.4, -0.2) is 12.8 Å². The highest BCUT2D eigenvalue weighted by molar-refractivity contribution is 9.10. The Hall–Kier alpha value is -1.76. The molecule has 2 rings (SSSR count). The molecular formula is C17H13BrClNO. The fourth-order valence-electron chi connectivity index (χ4n) is 1.75. The van der Waals surface area contributed by atoms with Gasteiger partial charge in [-0.2, -0.15) is 0 Å². The highest BCUT2D eigenvalue weighted by atomic mass is 79.9. The molecular weight excluding hydrogens is 350 g/mol. The molecule has 4 heteroatoms. The Morgan fingerprint density at radius 1 is 1.38 bits per heavy atom. The second kappa shape index (κ2) is 7.31. The van der Waals surface area contributed by atoms with Crippen LogP contribution in [0.25, 0.3) is 0 Å². The van der Waals surface area contributed by atoms with Crippen LogP contribution in [0.4, 0.5) is 5.69 Å². The second-order valence-corrected chi connectivity index (χ2v) is 5.64. The van der Waals surface area contributed by atoms with Crippen molar-refractivity contribution >= 4 is 39.4 Å². The van der Waals surface area contributed by atoms with Crippen molar-refractivity contribution in [3.8, 4) is 18.1 Å². The number of hydrogen-bond donors (Lipinski definition) is 0. The van der Waals surface area contributed by atoms with Crippen LogP contribution in [0, 0.1) is 19.3 Å². The molecule has 0 aliphatic rings. The number of aliphatic imine (C=N–C) groups is 1. The molecule has 2 aromatic rings. The molecule has 0 saturated heterocycles. The van der Waals surface area contributed by atoms with Crippen molar-refractivity contribution in [3.63, 3.8) is 0 Å². The van der Waals surface area contributed by atoms with E-state index >= 15 is 0 Å². The van der Waals surface area contributed by atoms with Gasteiger partial charge in [0.15, 0.2) is 0 Å². The van der Waals surface area contributed by atoms with Gasteiger partial charge in [0.05, 0.1) is 5.69 Å². The van der Waals surface area contributed by atoms with E-state index in [0.717, 1.165) is 21.3 Å². The first kappa shape index (κ1) is 15.6. The lowest BCUT2D eigenvalue weighted by Crippen LogP contribution is -1.97. The number of terminal acetylenes is 1. The maximum Gasteiger partial charge on any atom is 0.148 e. The number of rotatable bonds is 4. The van der Waals surface area contributed by atoms with Crippen molar-refractivity contribution in [2.24, 2.45) is 4.99 Å². The fraction of sp³-hybridized carbons (Fsp3) is 0.118. The zero-order valence-electron chi connectivity index (χ0n) is 11.4. The van der Waals surface area contributed by atoms with Crippen LogP contribution < -0.4 is 4.74 Å². The Kier molecular flexibility index (Phi) is 5.44. The van der Waals surface area contributed by atoms with E-state index < -0.39 is 0 Å². The van der Waals surface area contributed by atoms with Gasteiger partial charge in [0.1, 0.15) is 12.4 Å². The number of nitrogens with zero attached hydrogens (tertiary/aromatic N) is 1. The molecule has 0 radical (unpaired) electrons. The van der Waals surface area contributed by atoms with Crippen LogP contribution >= 0.6 is 27.5 Å². The quantitative estimate of drug-likeness (QED) is 0.543. The van der Waals surface area contributed by atoms with Crippen LogP contribution in [-0.2, 0) is 0 Å². The lowest BCUT2D eigenvalue weighted by molar-refractivity contribution is 0.370. The molecule has 0 aliphatic heterocycles. The normalized spacial score (nSPS) is 10.6. The van der Waals surface area contributed by atoms with Gasteiger partial charge in [-0.25, -0.2) is 0 Å². The number of ether oxygens (including phenoxy) is 1. The molecule has 0 heterocycles. The Morgan fingerprint density at radius 2 is 2.19 bits per heavy atom. The van der Waals surface area contributed by atoms with E-state index in [2.05, 4.69) is 26.8 Å². The lowest BCUT2D eigenvalue weighted by atomic mass is 10.2. The first-order chi connectivity index (χ1) is 10.1. The van der Waals surface area contributed by atoms with Gasteiger partial charge in [0.2, 0.25) is 0 Å². The molecule has 0 fully saturated rings. The predicted molar refractivity (Wildman–Crippen MR) is 91.9 cm³/mol. The van der Waals surface area contributed by atoms with E-state index in [1.807, 2.05) is 43.3 Å². The summed E-state index contributed by atoms with van der Waals surface area (Å²) in [5, 5.41) is 0.697. The smallest absolute Gasteiger partial charge is 0.148 e. The zero-order chi connectivity index (χ0) is 15.2. The van der Waals surface area contributed by atoms with Crippen molar-refractivity contribution < 1.29 is 4.74 Å². The molecule has 0 aliphatic carbocycles. The average Bonchev–Trinajstić information content (AvgIpc) is 2.48. The van der Waals surface area contributed by atoms with Gasteiger partial charge in [-0.05, 0) is 42.8 Å². The standard InChI is InChI=1S/C17H13BrClNO/c1-3-9-21-17-8-7-14(18)10-13(17)11-20-16-6-4-5-15(19)12(16)2/h1,4-8,10-11H,9H2,2H3. The third-order valence-corrected chi connectivity index (χ3v) is 3.77. The maximum absolute atomic E-state index is 6.09. The molecule has 0 saturated carbocycles. The van der Waals surface area contributed by atoms with E-state index in [1.54, 1.807) is 6.21 Å². The minimum atomic E-state index is 0.221. The minimum absolute atomic E-state index is 0.221. The first-order valence-electron chi connectivity index (χ1n) is 6.27. The van der Waals surface area contributed by atoms with Gasteiger partial charge in [-0.1, -0.05) is 39.5 Å². The SMILES string of the molecule is C#CCOc1ccc(Br)cc1C=Nc1cccc(Cl)c1C. The largest absolute Gasteiger partial charge is 0.480 e. The van der Waals surface area contributed by atoms with Crippen molar-refractivity contribution in [2.75, 3.05) is 6.61 Å². The molecule has 0 N–H and O–H groups in total. The Morgan fingerprint density at radius 3 is 2.95 bits per heavy atom. The summed E-state index contributed by atoms with van der Waals surface area (Å²) in [5.41, 5.74) is 2.61. The molecule has 21 heavy (non-hydrogen) atoms. The van der Waals surface area contributed by atoms with E-state index in [0.29, 0.717) is 10.8 Å². The average molecular weight is 363 g/mol. The number of halogens is 2. The van der Waals surface area contributed by atoms with Crippen molar-refractivity contribution in [3.05, 3.63) is 57.0 Å². The maximum atomic E-state index is 6.09. The minimum Gasteiger partial charge on any atom is -0.480 e. The highest BCUT2D eigenvalue weighted by Gasteiger charge is 2.04. The third-order valence-electron chi connectivity index (χ3n) is 2.86. The first-order valence-corrected chi connectivity index (χ1v) is 7.44. The van der Waals surface area contributed by atoms with Crippen LogP contribution in [0.2, 0.25) is 5.02 Å². The monoisotopic (exact) mass is 361 g/mol. The van der Waals surface area contributed by atoms with Gasteiger partial charge in [0.25, 0.3) is 0 Å². The van der Waals surface area contributed by atoms with Crippen molar-refractivity contribution in [1.29, 1.82) is 0 Å². The summed E-state index contributed by atoms with van der Waals surface area (Å²) in [6.45, 7) is 2.16. The molecule has 2 aromatic carbocycles. The predicted octanol–water partition coefficient (Wildman–Crippen LogP) is 5.17. The fourth-order valence-corrected chi connectivity index (χ4v) is 2.29. The summed E-state index contributed by atoms with van der Waals surface area (Å²) in [7, 11) is 0. The van der Waals surface area contributed by atoms with Gasteiger partial charge < -0.3 is 4.74 Å². The van der Waals surface area contributed by atoms with E-state index in [4.69, 9.17) is 22.8 Å². The zero-order valence-corrected chi connectivity index (χ0v) is 13.8. The molecule has 106 valence electrons. The van der Waals surface area contributed by atoms with Crippen LogP contribution in [0.3, 0.4) is 0 Å². The van der Waals surface area contributed by atoms with Crippen molar-refractivity contribution in [1.82, 2.24) is 0 Å².